The fraction of sp³-hybridized carbons (Fsp3) is 0.750. The summed E-state index contributed by atoms with van der Waals surface area (Å²) in [6.45, 7) is 0.0518. The van der Waals surface area contributed by atoms with Crippen molar-refractivity contribution in [2.24, 2.45) is 0 Å². The summed E-state index contributed by atoms with van der Waals surface area (Å²) in [6.07, 6.45) is 2.03. The lowest BCUT2D eigenvalue weighted by Crippen LogP contribution is -2.34. The molecule has 0 aromatic rings. The van der Waals surface area contributed by atoms with Gasteiger partial charge >= 0.3 is 0 Å². The van der Waals surface area contributed by atoms with Crippen LogP contribution in [0.15, 0.2) is 0 Å². The molecule has 4 nitrogen and oxygen atoms in total. The summed E-state index contributed by atoms with van der Waals surface area (Å²) < 4.78 is 0. The third-order valence-electron chi connectivity index (χ3n) is 1.51. The van der Waals surface area contributed by atoms with Crippen LogP contribution in [0, 0.1) is 0 Å². The molecular formula is C8H15ClN2O2. The predicted molar refractivity (Wildman–Crippen MR) is 51.6 cm³/mol. The second-order valence-corrected chi connectivity index (χ2v) is 2.97. The maximum Gasteiger partial charge on any atom is 0.239 e. The summed E-state index contributed by atoms with van der Waals surface area (Å²) in [5, 5.41) is 4.91. The molecule has 0 saturated heterocycles. The third-order valence-corrected chi connectivity index (χ3v) is 1.78. The average molecular weight is 207 g/mol. The predicted octanol–water partition coefficient (Wildman–Crippen LogP) is 0.258. The first-order valence-electron chi connectivity index (χ1n) is 4.24. The van der Waals surface area contributed by atoms with Gasteiger partial charge in [-0.15, -0.1) is 11.6 Å². The lowest BCUT2D eigenvalue weighted by atomic mass is 10.2. The van der Waals surface area contributed by atoms with E-state index >= 15 is 0 Å². The fourth-order valence-corrected chi connectivity index (χ4v) is 0.925. The van der Waals surface area contributed by atoms with Gasteiger partial charge in [-0.05, 0) is 12.8 Å². The number of likely N-dealkylation sites (N-methyl/N-ethyl adjacent to an activating group) is 1. The quantitative estimate of drug-likeness (QED) is 0.484. The van der Waals surface area contributed by atoms with Crippen LogP contribution >= 0.6 is 11.6 Å². The summed E-state index contributed by atoms with van der Waals surface area (Å²) in [6, 6.07) is 0. The van der Waals surface area contributed by atoms with Gasteiger partial charge in [0.05, 0.1) is 6.54 Å². The van der Waals surface area contributed by atoms with Crippen molar-refractivity contribution in [2.75, 3.05) is 19.5 Å². The van der Waals surface area contributed by atoms with Crippen molar-refractivity contribution in [3.05, 3.63) is 0 Å². The van der Waals surface area contributed by atoms with Gasteiger partial charge in [0.15, 0.2) is 0 Å². The number of hydrogen-bond donors (Lipinski definition) is 2. The number of carbonyl (C=O) groups is 2. The molecule has 0 saturated carbocycles. The Morgan fingerprint density at radius 1 is 1.23 bits per heavy atom. The Labute approximate surface area is 83.0 Å². The van der Waals surface area contributed by atoms with E-state index in [1.807, 2.05) is 0 Å². The number of hydrogen-bond acceptors (Lipinski definition) is 2. The van der Waals surface area contributed by atoms with E-state index in [4.69, 9.17) is 11.6 Å². The van der Waals surface area contributed by atoms with Crippen LogP contribution in [-0.4, -0.2) is 31.3 Å². The summed E-state index contributed by atoms with van der Waals surface area (Å²) in [5.41, 5.74) is 0. The number of carbonyl (C=O) groups excluding carboxylic acids is 2. The molecule has 0 radical (unpaired) electrons. The molecule has 0 aliphatic carbocycles. The third kappa shape index (κ3) is 7.59. The first-order valence-corrected chi connectivity index (χ1v) is 4.77. The van der Waals surface area contributed by atoms with E-state index in [9.17, 15) is 9.59 Å². The molecule has 0 unspecified atom stereocenters. The van der Waals surface area contributed by atoms with Crippen molar-refractivity contribution in [1.82, 2.24) is 10.6 Å². The lowest BCUT2D eigenvalue weighted by Gasteiger charge is -2.02. The molecule has 0 spiro atoms. The van der Waals surface area contributed by atoms with E-state index in [1.165, 1.54) is 7.05 Å². The van der Waals surface area contributed by atoms with E-state index in [0.29, 0.717) is 12.3 Å². The van der Waals surface area contributed by atoms with Crippen LogP contribution in [0.1, 0.15) is 19.3 Å². The van der Waals surface area contributed by atoms with Crippen LogP contribution < -0.4 is 10.6 Å². The highest BCUT2D eigenvalue weighted by molar-refractivity contribution is 6.17. The monoisotopic (exact) mass is 206 g/mol. The topological polar surface area (TPSA) is 58.2 Å². The van der Waals surface area contributed by atoms with E-state index < -0.39 is 0 Å². The number of halogens is 1. The summed E-state index contributed by atoms with van der Waals surface area (Å²) in [4.78, 5) is 21.7. The molecule has 5 heteroatoms. The zero-order chi connectivity index (χ0) is 10.1. The van der Waals surface area contributed by atoms with Crippen molar-refractivity contribution in [3.8, 4) is 0 Å². The van der Waals surface area contributed by atoms with Crippen molar-refractivity contribution < 1.29 is 9.59 Å². The highest BCUT2D eigenvalue weighted by Crippen LogP contribution is 1.96. The van der Waals surface area contributed by atoms with Crippen molar-refractivity contribution in [2.45, 2.75) is 19.3 Å². The molecule has 0 rings (SSSR count). The van der Waals surface area contributed by atoms with Gasteiger partial charge in [0.2, 0.25) is 11.8 Å². The number of nitrogens with one attached hydrogen (secondary N) is 2. The Morgan fingerprint density at radius 3 is 2.46 bits per heavy atom. The first-order chi connectivity index (χ1) is 6.20. The first kappa shape index (κ1) is 12.2. The van der Waals surface area contributed by atoms with Crippen molar-refractivity contribution >= 4 is 23.4 Å². The lowest BCUT2D eigenvalue weighted by molar-refractivity contribution is -0.125. The van der Waals surface area contributed by atoms with Crippen molar-refractivity contribution in [3.63, 3.8) is 0 Å². The maximum atomic E-state index is 11.0. The summed E-state index contributed by atoms with van der Waals surface area (Å²) >= 11 is 5.44. The fourth-order valence-electron chi connectivity index (χ4n) is 0.736. The van der Waals surface area contributed by atoms with Gasteiger partial charge in [-0.25, -0.2) is 0 Å². The van der Waals surface area contributed by atoms with Gasteiger partial charge in [-0.1, -0.05) is 0 Å². The number of alkyl halides is 1. The normalized spacial score (nSPS) is 9.38. The highest BCUT2D eigenvalue weighted by Gasteiger charge is 2.02. The van der Waals surface area contributed by atoms with E-state index in [2.05, 4.69) is 10.6 Å². The van der Waals surface area contributed by atoms with Crippen LogP contribution in [0.5, 0.6) is 0 Å². The average Bonchev–Trinajstić information content (AvgIpc) is 2.14. The van der Waals surface area contributed by atoms with Gasteiger partial charge < -0.3 is 10.6 Å². The van der Waals surface area contributed by atoms with E-state index in [0.717, 1.165) is 12.8 Å². The van der Waals surface area contributed by atoms with Crippen LogP contribution in [0.25, 0.3) is 0 Å². The molecular weight excluding hydrogens is 192 g/mol. The molecule has 2 amide bonds. The standard InChI is InChI=1S/C8H15ClN2O2/c1-10-8(13)6-11-7(12)4-2-3-5-9/h2-6H2,1H3,(H,10,13)(H,11,12). The van der Waals surface area contributed by atoms with Crippen LogP contribution in [0.2, 0.25) is 0 Å². The Morgan fingerprint density at radius 2 is 1.92 bits per heavy atom. The second-order valence-electron chi connectivity index (χ2n) is 2.60. The minimum absolute atomic E-state index is 0.0518. The molecule has 0 atom stereocenters. The van der Waals surface area contributed by atoms with Gasteiger partial charge in [0.1, 0.15) is 0 Å². The zero-order valence-corrected chi connectivity index (χ0v) is 8.49. The SMILES string of the molecule is CNC(=O)CNC(=O)CCCCCl. The maximum absolute atomic E-state index is 11.0. The van der Waals surface area contributed by atoms with Gasteiger partial charge in [0, 0.05) is 19.3 Å². The Hall–Kier alpha value is -0.770. The van der Waals surface area contributed by atoms with Crippen molar-refractivity contribution in [1.29, 1.82) is 0 Å². The largest absolute Gasteiger partial charge is 0.358 e. The Bertz CT molecular complexity index is 174. The van der Waals surface area contributed by atoms with Crippen LogP contribution in [0.4, 0.5) is 0 Å². The number of amides is 2. The molecule has 0 aliphatic heterocycles. The molecule has 13 heavy (non-hydrogen) atoms. The van der Waals surface area contributed by atoms with E-state index in [1.54, 1.807) is 0 Å². The molecule has 2 N–H and O–H groups in total. The highest BCUT2D eigenvalue weighted by atomic mass is 35.5. The zero-order valence-electron chi connectivity index (χ0n) is 7.73. The molecule has 0 fully saturated rings. The molecule has 0 aliphatic rings. The van der Waals surface area contributed by atoms with Gasteiger partial charge in [0.25, 0.3) is 0 Å². The second kappa shape index (κ2) is 7.86. The summed E-state index contributed by atoms with van der Waals surface area (Å²) in [7, 11) is 1.53. The molecule has 0 bridgehead atoms. The molecule has 76 valence electrons. The van der Waals surface area contributed by atoms with Gasteiger partial charge in [-0.2, -0.15) is 0 Å². The Kier molecular flexibility index (Phi) is 7.39. The van der Waals surface area contributed by atoms with Crippen LogP contribution in [0.3, 0.4) is 0 Å². The number of rotatable bonds is 6. The summed E-state index contributed by atoms with van der Waals surface area (Å²) in [5.74, 6) is 0.280. The van der Waals surface area contributed by atoms with Gasteiger partial charge in [-0.3, -0.25) is 9.59 Å². The Balaban J connectivity index is 3.35. The van der Waals surface area contributed by atoms with E-state index in [-0.39, 0.29) is 18.4 Å². The minimum Gasteiger partial charge on any atom is -0.358 e. The minimum atomic E-state index is -0.189. The molecule has 0 heterocycles. The smallest absolute Gasteiger partial charge is 0.239 e. The number of unbranched alkanes of at least 4 members (excludes halogenated alkanes) is 1. The molecule has 0 aromatic carbocycles. The van der Waals surface area contributed by atoms with Crippen LogP contribution in [-0.2, 0) is 9.59 Å². The molecule has 0 aromatic heterocycles.